The molecular formula is C12H13ClFN3. The van der Waals surface area contributed by atoms with Crippen LogP contribution in [0.2, 0.25) is 5.02 Å². The minimum absolute atomic E-state index is 0.111. The summed E-state index contributed by atoms with van der Waals surface area (Å²) >= 11 is 5.88. The third-order valence-electron chi connectivity index (χ3n) is 2.61. The van der Waals surface area contributed by atoms with E-state index in [0.717, 1.165) is 5.56 Å². The number of anilines is 1. The van der Waals surface area contributed by atoms with Crippen molar-refractivity contribution in [1.29, 1.82) is 0 Å². The van der Waals surface area contributed by atoms with Crippen LogP contribution in [0.25, 0.3) is 11.3 Å². The highest BCUT2D eigenvalue weighted by atomic mass is 35.5. The van der Waals surface area contributed by atoms with Crippen molar-refractivity contribution in [2.24, 2.45) is 0 Å². The number of hydrogen-bond acceptors (Lipinski definition) is 2. The van der Waals surface area contributed by atoms with Gasteiger partial charge >= 0.3 is 0 Å². The molecule has 90 valence electrons. The number of halogens is 2. The summed E-state index contributed by atoms with van der Waals surface area (Å²) in [5.74, 6) is 0.136. The Morgan fingerprint density at radius 2 is 2.06 bits per heavy atom. The van der Waals surface area contributed by atoms with Crippen molar-refractivity contribution < 1.29 is 4.39 Å². The van der Waals surface area contributed by atoms with Crippen molar-refractivity contribution in [3.05, 3.63) is 34.6 Å². The monoisotopic (exact) mass is 253 g/mol. The fourth-order valence-corrected chi connectivity index (χ4v) is 1.84. The molecule has 0 spiro atoms. The minimum Gasteiger partial charge on any atom is -0.382 e. The molecule has 0 fully saturated rings. The summed E-state index contributed by atoms with van der Waals surface area (Å²) in [7, 11) is 0. The van der Waals surface area contributed by atoms with Crippen LogP contribution in [-0.2, 0) is 0 Å². The summed E-state index contributed by atoms with van der Waals surface area (Å²) in [5.41, 5.74) is 7.40. The molecule has 0 unspecified atom stereocenters. The van der Waals surface area contributed by atoms with Crippen molar-refractivity contribution in [1.82, 2.24) is 10.2 Å². The van der Waals surface area contributed by atoms with Gasteiger partial charge in [0.1, 0.15) is 5.82 Å². The number of nitrogen functional groups attached to an aromatic ring is 1. The van der Waals surface area contributed by atoms with Gasteiger partial charge in [-0.15, -0.1) is 0 Å². The third kappa shape index (κ3) is 2.26. The molecule has 0 saturated heterocycles. The van der Waals surface area contributed by atoms with Gasteiger partial charge in [-0.3, -0.25) is 5.10 Å². The molecule has 5 heteroatoms. The first kappa shape index (κ1) is 11.9. The zero-order valence-electron chi connectivity index (χ0n) is 9.59. The fraction of sp³-hybridized carbons (Fsp3) is 0.250. The first-order valence-electron chi connectivity index (χ1n) is 5.29. The standard InChI is InChI=1S/C12H13ClFN3/c1-6(2)7-3-8(12(14)9(13)4-7)10-5-11(15)17-16-10/h3-6H,1-2H3,(H3,15,16,17). The van der Waals surface area contributed by atoms with Crippen LogP contribution in [0.4, 0.5) is 10.2 Å². The van der Waals surface area contributed by atoms with Gasteiger partial charge in [-0.25, -0.2) is 4.39 Å². The molecule has 2 rings (SSSR count). The zero-order chi connectivity index (χ0) is 12.6. The lowest BCUT2D eigenvalue weighted by molar-refractivity contribution is 0.629. The summed E-state index contributed by atoms with van der Waals surface area (Å²) in [6.07, 6.45) is 0. The van der Waals surface area contributed by atoms with Crippen LogP contribution in [0.1, 0.15) is 25.3 Å². The van der Waals surface area contributed by atoms with Gasteiger partial charge in [-0.1, -0.05) is 25.4 Å². The summed E-state index contributed by atoms with van der Waals surface area (Å²) in [5, 5.41) is 6.57. The van der Waals surface area contributed by atoms with Gasteiger partial charge in [0, 0.05) is 11.6 Å². The highest BCUT2D eigenvalue weighted by molar-refractivity contribution is 6.31. The van der Waals surface area contributed by atoms with Crippen LogP contribution in [0.5, 0.6) is 0 Å². The van der Waals surface area contributed by atoms with E-state index in [4.69, 9.17) is 17.3 Å². The minimum atomic E-state index is -0.459. The molecule has 0 aliphatic heterocycles. The van der Waals surface area contributed by atoms with E-state index < -0.39 is 5.82 Å². The Labute approximate surface area is 104 Å². The maximum atomic E-state index is 13.9. The van der Waals surface area contributed by atoms with Gasteiger partial charge in [0.2, 0.25) is 0 Å². The number of aromatic nitrogens is 2. The van der Waals surface area contributed by atoms with E-state index in [1.807, 2.05) is 13.8 Å². The third-order valence-corrected chi connectivity index (χ3v) is 2.88. The Kier molecular flexibility index (Phi) is 3.07. The Balaban J connectivity index is 2.60. The predicted octanol–water partition coefficient (Wildman–Crippen LogP) is 3.57. The first-order valence-corrected chi connectivity index (χ1v) is 5.67. The van der Waals surface area contributed by atoms with Crippen LogP contribution in [0.3, 0.4) is 0 Å². The maximum Gasteiger partial charge on any atom is 0.151 e. The maximum absolute atomic E-state index is 13.9. The number of nitrogens with two attached hydrogens (primary N) is 1. The number of rotatable bonds is 2. The van der Waals surface area contributed by atoms with E-state index in [0.29, 0.717) is 17.1 Å². The number of nitrogens with zero attached hydrogens (tertiary/aromatic N) is 1. The van der Waals surface area contributed by atoms with Crippen LogP contribution >= 0.6 is 11.6 Å². The second-order valence-electron chi connectivity index (χ2n) is 4.23. The van der Waals surface area contributed by atoms with Gasteiger partial charge in [-0.05, 0) is 23.6 Å². The van der Waals surface area contributed by atoms with Gasteiger partial charge in [0.05, 0.1) is 10.7 Å². The van der Waals surface area contributed by atoms with E-state index in [1.54, 1.807) is 18.2 Å². The van der Waals surface area contributed by atoms with Crippen LogP contribution in [0, 0.1) is 5.82 Å². The smallest absolute Gasteiger partial charge is 0.151 e. The number of benzene rings is 1. The normalized spacial score (nSPS) is 11.1. The Bertz CT molecular complexity index is 549. The topological polar surface area (TPSA) is 54.7 Å². The molecule has 0 radical (unpaired) electrons. The first-order chi connectivity index (χ1) is 7.99. The molecule has 0 amide bonds. The molecule has 0 aliphatic carbocycles. The lowest BCUT2D eigenvalue weighted by atomic mass is 9.99. The fourth-order valence-electron chi connectivity index (χ4n) is 1.61. The Morgan fingerprint density at radius 3 is 2.59 bits per heavy atom. The molecule has 2 aromatic rings. The van der Waals surface area contributed by atoms with Gasteiger partial charge < -0.3 is 5.73 Å². The molecule has 0 saturated carbocycles. The van der Waals surface area contributed by atoms with Gasteiger partial charge in [0.15, 0.2) is 5.82 Å². The molecule has 0 atom stereocenters. The lowest BCUT2D eigenvalue weighted by Gasteiger charge is -2.10. The molecule has 1 aromatic heterocycles. The summed E-state index contributed by atoms with van der Waals surface area (Å²) in [4.78, 5) is 0. The number of hydrogen-bond donors (Lipinski definition) is 2. The molecule has 17 heavy (non-hydrogen) atoms. The van der Waals surface area contributed by atoms with E-state index in [1.165, 1.54) is 0 Å². The molecule has 3 nitrogen and oxygen atoms in total. The average molecular weight is 254 g/mol. The van der Waals surface area contributed by atoms with Crippen molar-refractivity contribution in [2.75, 3.05) is 5.73 Å². The molecule has 1 heterocycles. The molecule has 1 aromatic carbocycles. The van der Waals surface area contributed by atoms with Gasteiger partial charge in [-0.2, -0.15) is 5.10 Å². The number of nitrogens with one attached hydrogen (secondary N) is 1. The number of aromatic amines is 1. The average Bonchev–Trinajstić information content (AvgIpc) is 2.68. The van der Waals surface area contributed by atoms with E-state index in [9.17, 15) is 4.39 Å². The molecule has 3 N–H and O–H groups in total. The largest absolute Gasteiger partial charge is 0.382 e. The lowest BCUT2D eigenvalue weighted by Crippen LogP contribution is -1.93. The van der Waals surface area contributed by atoms with Crippen LogP contribution < -0.4 is 5.73 Å². The van der Waals surface area contributed by atoms with E-state index in [2.05, 4.69) is 10.2 Å². The molecular weight excluding hydrogens is 241 g/mol. The van der Waals surface area contributed by atoms with Crippen LogP contribution in [0.15, 0.2) is 18.2 Å². The highest BCUT2D eigenvalue weighted by Crippen LogP contribution is 2.31. The summed E-state index contributed by atoms with van der Waals surface area (Å²) < 4.78 is 13.9. The summed E-state index contributed by atoms with van der Waals surface area (Å²) in [6, 6.07) is 4.99. The molecule has 0 bridgehead atoms. The van der Waals surface area contributed by atoms with Crippen molar-refractivity contribution in [2.45, 2.75) is 19.8 Å². The van der Waals surface area contributed by atoms with E-state index in [-0.39, 0.29) is 10.9 Å². The van der Waals surface area contributed by atoms with Crippen molar-refractivity contribution in [3.63, 3.8) is 0 Å². The summed E-state index contributed by atoms with van der Waals surface area (Å²) in [6.45, 7) is 4.04. The SMILES string of the molecule is CC(C)c1cc(Cl)c(F)c(-c2cc(N)n[nH]2)c1. The zero-order valence-corrected chi connectivity index (χ0v) is 10.3. The molecule has 0 aliphatic rings. The second kappa shape index (κ2) is 4.37. The number of H-pyrrole nitrogens is 1. The Hall–Kier alpha value is -1.55. The Morgan fingerprint density at radius 1 is 1.35 bits per heavy atom. The highest BCUT2D eigenvalue weighted by Gasteiger charge is 2.14. The van der Waals surface area contributed by atoms with Crippen LogP contribution in [-0.4, -0.2) is 10.2 Å². The predicted molar refractivity (Wildman–Crippen MR) is 67.5 cm³/mol. The second-order valence-corrected chi connectivity index (χ2v) is 4.63. The van der Waals surface area contributed by atoms with Crippen molar-refractivity contribution >= 4 is 17.4 Å². The van der Waals surface area contributed by atoms with Gasteiger partial charge in [0.25, 0.3) is 0 Å². The van der Waals surface area contributed by atoms with Crippen molar-refractivity contribution in [3.8, 4) is 11.3 Å². The van der Waals surface area contributed by atoms with E-state index >= 15 is 0 Å². The quantitative estimate of drug-likeness (QED) is 0.860.